The van der Waals surface area contributed by atoms with Crippen molar-refractivity contribution in [1.29, 1.82) is 0 Å². The van der Waals surface area contributed by atoms with Crippen LogP contribution >= 0.6 is 11.8 Å². The van der Waals surface area contributed by atoms with Crippen LogP contribution in [0.1, 0.15) is 20.8 Å². The van der Waals surface area contributed by atoms with Gasteiger partial charge in [-0.25, -0.2) is 0 Å². The molecule has 4 heteroatoms. The molecule has 1 amide bonds. The molecule has 0 saturated carbocycles. The molecule has 0 aliphatic carbocycles. The minimum atomic E-state index is 0.183. The van der Waals surface area contributed by atoms with Gasteiger partial charge in [-0.2, -0.15) is 0 Å². The van der Waals surface area contributed by atoms with Crippen LogP contribution in [0.15, 0.2) is 0 Å². The summed E-state index contributed by atoms with van der Waals surface area (Å²) in [4.78, 5) is 16.1. The lowest BCUT2D eigenvalue weighted by atomic mass is 10.3. The molecule has 1 rings (SSSR count). The molecule has 0 aromatic carbocycles. The predicted octanol–water partition coefficient (Wildman–Crippen LogP) is 1.29. The predicted molar refractivity (Wildman–Crippen MR) is 66.3 cm³/mol. The van der Waals surface area contributed by atoms with E-state index in [0.29, 0.717) is 11.7 Å². The standard InChI is InChI=1S/C11H22N2OS/c1-11(2,3)15-9-10(14)13-7-5-12(4)6-8-13/h5-9H2,1-4H3. The zero-order valence-corrected chi connectivity index (χ0v) is 11.1. The quantitative estimate of drug-likeness (QED) is 0.714. The van der Waals surface area contributed by atoms with Crippen molar-refractivity contribution in [3.63, 3.8) is 0 Å². The van der Waals surface area contributed by atoms with Gasteiger partial charge in [-0.05, 0) is 7.05 Å². The van der Waals surface area contributed by atoms with Gasteiger partial charge in [0.15, 0.2) is 0 Å². The van der Waals surface area contributed by atoms with Crippen LogP contribution in [0.4, 0.5) is 0 Å². The molecule has 3 nitrogen and oxygen atoms in total. The van der Waals surface area contributed by atoms with Crippen molar-refractivity contribution in [2.24, 2.45) is 0 Å². The van der Waals surface area contributed by atoms with Gasteiger partial charge in [-0.15, -0.1) is 11.8 Å². The molecule has 88 valence electrons. The second kappa shape index (κ2) is 5.21. The number of likely N-dealkylation sites (N-methyl/N-ethyl adjacent to an activating group) is 1. The van der Waals surface area contributed by atoms with E-state index < -0.39 is 0 Å². The van der Waals surface area contributed by atoms with Gasteiger partial charge >= 0.3 is 0 Å². The van der Waals surface area contributed by atoms with E-state index in [0.717, 1.165) is 26.2 Å². The molecule has 0 aromatic rings. The average Bonchev–Trinajstić information content (AvgIpc) is 2.14. The van der Waals surface area contributed by atoms with E-state index in [4.69, 9.17) is 0 Å². The number of thioether (sulfide) groups is 1. The minimum absolute atomic E-state index is 0.183. The summed E-state index contributed by atoms with van der Waals surface area (Å²) in [5, 5.41) is 0. The van der Waals surface area contributed by atoms with Gasteiger partial charge in [-0.3, -0.25) is 4.79 Å². The number of amides is 1. The van der Waals surface area contributed by atoms with Crippen molar-refractivity contribution in [3.8, 4) is 0 Å². The third-order valence-corrected chi connectivity index (χ3v) is 3.74. The van der Waals surface area contributed by atoms with Crippen LogP contribution in [-0.4, -0.2) is 59.4 Å². The first kappa shape index (κ1) is 12.8. The van der Waals surface area contributed by atoms with Gasteiger partial charge in [0.25, 0.3) is 0 Å². The van der Waals surface area contributed by atoms with Crippen molar-refractivity contribution >= 4 is 17.7 Å². The topological polar surface area (TPSA) is 23.6 Å². The largest absolute Gasteiger partial charge is 0.339 e. The van der Waals surface area contributed by atoms with Gasteiger partial charge in [0.2, 0.25) is 5.91 Å². The maximum Gasteiger partial charge on any atom is 0.232 e. The summed E-state index contributed by atoms with van der Waals surface area (Å²) in [7, 11) is 2.10. The number of nitrogens with zero attached hydrogens (tertiary/aromatic N) is 2. The monoisotopic (exact) mass is 230 g/mol. The smallest absolute Gasteiger partial charge is 0.232 e. The average molecular weight is 230 g/mol. The Balaban J connectivity index is 2.29. The molecule has 0 atom stereocenters. The third-order valence-electron chi connectivity index (χ3n) is 2.48. The Morgan fingerprint density at radius 2 is 1.73 bits per heavy atom. The number of rotatable bonds is 2. The summed E-state index contributed by atoms with van der Waals surface area (Å²) in [6.07, 6.45) is 0. The van der Waals surface area contributed by atoms with Gasteiger partial charge < -0.3 is 9.80 Å². The molecule has 15 heavy (non-hydrogen) atoms. The van der Waals surface area contributed by atoms with E-state index in [9.17, 15) is 4.79 Å². The zero-order chi connectivity index (χ0) is 11.5. The minimum Gasteiger partial charge on any atom is -0.339 e. The fraction of sp³-hybridized carbons (Fsp3) is 0.909. The van der Waals surface area contributed by atoms with Crippen LogP contribution < -0.4 is 0 Å². The Morgan fingerprint density at radius 3 is 2.20 bits per heavy atom. The first-order chi connectivity index (χ1) is 6.88. The van der Waals surface area contributed by atoms with E-state index in [1.807, 2.05) is 4.90 Å². The van der Waals surface area contributed by atoms with Crippen LogP contribution in [0.25, 0.3) is 0 Å². The summed E-state index contributed by atoms with van der Waals surface area (Å²) >= 11 is 1.73. The molecule has 0 radical (unpaired) electrons. The number of hydrogen-bond donors (Lipinski definition) is 0. The summed E-state index contributed by atoms with van der Waals surface area (Å²) in [6.45, 7) is 10.2. The number of carbonyl (C=O) groups excluding carboxylic acids is 1. The van der Waals surface area contributed by atoms with Crippen LogP contribution in [0.2, 0.25) is 0 Å². The van der Waals surface area contributed by atoms with Crippen molar-refractivity contribution in [1.82, 2.24) is 9.80 Å². The highest BCUT2D eigenvalue weighted by Gasteiger charge is 2.21. The first-order valence-electron chi connectivity index (χ1n) is 5.49. The Kier molecular flexibility index (Phi) is 4.46. The maximum absolute atomic E-state index is 11.8. The molecule has 1 aliphatic rings. The lowest BCUT2D eigenvalue weighted by Crippen LogP contribution is -2.47. The Bertz CT molecular complexity index is 217. The maximum atomic E-state index is 11.8. The van der Waals surface area contributed by atoms with Gasteiger partial charge in [0.05, 0.1) is 5.75 Å². The fourth-order valence-corrected chi connectivity index (χ4v) is 2.16. The lowest BCUT2D eigenvalue weighted by molar-refractivity contribution is -0.129. The van der Waals surface area contributed by atoms with Gasteiger partial charge in [0.1, 0.15) is 0 Å². The van der Waals surface area contributed by atoms with Gasteiger partial charge in [-0.1, -0.05) is 20.8 Å². The summed E-state index contributed by atoms with van der Waals surface area (Å²) < 4.78 is 0.183. The highest BCUT2D eigenvalue weighted by atomic mass is 32.2. The van der Waals surface area contributed by atoms with Crippen molar-refractivity contribution in [2.75, 3.05) is 39.0 Å². The molecular formula is C11H22N2OS. The van der Waals surface area contributed by atoms with Crippen molar-refractivity contribution in [3.05, 3.63) is 0 Å². The molecule has 1 fully saturated rings. The summed E-state index contributed by atoms with van der Waals surface area (Å²) in [5.74, 6) is 0.913. The van der Waals surface area contributed by atoms with Crippen LogP contribution in [0.5, 0.6) is 0 Å². The van der Waals surface area contributed by atoms with Crippen molar-refractivity contribution in [2.45, 2.75) is 25.5 Å². The molecule has 0 aromatic heterocycles. The van der Waals surface area contributed by atoms with E-state index in [-0.39, 0.29) is 4.75 Å². The van der Waals surface area contributed by atoms with Crippen LogP contribution in [-0.2, 0) is 4.79 Å². The Morgan fingerprint density at radius 1 is 1.20 bits per heavy atom. The summed E-state index contributed by atoms with van der Waals surface area (Å²) in [6, 6.07) is 0. The van der Waals surface area contributed by atoms with E-state index in [1.165, 1.54) is 0 Å². The third kappa shape index (κ3) is 4.89. The van der Waals surface area contributed by atoms with Crippen LogP contribution in [0.3, 0.4) is 0 Å². The molecule has 1 heterocycles. The molecule has 1 aliphatic heterocycles. The lowest BCUT2D eigenvalue weighted by Gasteiger charge is -2.33. The molecular weight excluding hydrogens is 208 g/mol. The van der Waals surface area contributed by atoms with E-state index in [2.05, 4.69) is 32.7 Å². The number of hydrogen-bond acceptors (Lipinski definition) is 3. The molecule has 0 N–H and O–H groups in total. The molecule has 0 bridgehead atoms. The molecule has 0 unspecified atom stereocenters. The molecule has 0 spiro atoms. The fourth-order valence-electron chi connectivity index (χ4n) is 1.43. The van der Waals surface area contributed by atoms with E-state index >= 15 is 0 Å². The zero-order valence-electron chi connectivity index (χ0n) is 10.2. The highest BCUT2D eigenvalue weighted by Crippen LogP contribution is 2.23. The highest BCUT2D eigenvalue weighted by molar-refractivity contribution is 8.01. The molecule has 1 saturated heterocycles. The van der Waals surface area contributed by atoms with Crippen LogP contribution in [0, 0.1) is 0 Å². The number of piperazine rings is 1. The summed E-state index contributed by atoms with van der Waals surface area (Å²) in [5.41, 5.74) is 0. The van der Waals surface area contributed by atoms with Crippen molar-refractivity contribution < 1.29 is 4.79 Å². The second-order valence-electron chi connectivity index (χ2n) is 5.09. The number of carbonyl (C=O) groups is 1. The second-order valence-corrected chi connectivity index (χ2v) is 6.89. The van der Waals surface area contributed by atoms with E-state index in [1.54, 1.807) is 11.8 Å². The normalized spacial score (nSPS) is 19.3. The Labute approximate surface area is 97.2 Å². The SMILES string of the molecule is CN1CCN(C(=O)CSC(C)(C)C)CC1. The van der Waals surface area contributed by atoms with Gasteiger partial charge in [0, 0.05) is 30.9 Å². The Hall–Kier alpha value is -0.220. The first-order valence-corrected chi connectivity index (χ1v) is 6.47.